The largest absolute Gasteiger partial charge is 0.466 e. The van der Waals surface area contributed by atoms with E-state index in [1.54, 1.807) is 11.3 Å². The first-order chi connectivity index (χ1) is 8.99. The van der Waals surface area contributed by atoms with Gasteiger partial charge in [0.15, 0.2) is 5.01 Å². The van der Waals surface area contributed by atoms with Crippen LogP contribution in [0.5, 0.6) is 0 Å². The summed E-state index contributed by atoms with van der Waals surface area (Å²) in [4.78, 5) is 0. The second-order valence-electron chi connectivity index (χ2n) is 5.24. The molecule has 1 N–H and O–H groups in total. The fraction of sp³-hybridized carbons (Fsp3) is 0.571. The summed E-state index contributed by atoms with van der Waals surface area (Å²) >= 11 is 1.63. The molecule has 0 unspecified atom stereocenters. The Balaban J connectivity index is 2.12. The van der Waals surface area contributed by atoms with Gasteiger partial charge in [0.1, 0.15) is 16.5 Å². The molecule has 0 radical (unpaired) electrons. The standard InChI is InChI=1S/C14H21N3OS/c1-8(2)6-15-7-12-16-17-14(19-12)13-9(3)10(4)18-11(13)5/h8,15H,6-7H2,1-5H3. The van der Waals surface area contributed by atoms with Gasteiger partial charge in [0, 0.05) is 12.1 Å². The lowest BCUT2D eigenvalue weighted by Gasteiger charge is -2.03. The molecule has 0 fully saturated rings. The summed E-state index contributed by atoms with van der Waals surface area (Å²) < 4.78 is 5.64. The van der Waals surface area contributed by atoms with Gasteiger partial charge in [-0.1, -0.05) is 25.2 Å². The van der Waals surface area contributed by atoms with Gasteiger partial charge in [0.2, 0.25) is 0 Å². The third-order valence-corrected chi connectivity index (χ3v) is 4.01. The maximum absolute atomic E-state index is 5.64. The van der Waals surface area contributed by atoms with Crippen molar-refractivity contribution in [3.8, 4) is 10.6 Å². The highest BCUT2D eigenvalue weighted by molar-refractivity contribution is 7.14. The van der Waals surface area contributed by atoms with Crippen molar-refractivity contribution in [1.29, 1.82) is 0 Å². The molecule has 0 amide bonds. The normalized spacial score (nSPS) is 11.5. The van der Waals surface area contributed by atoms with Gasteiger partial charge in [0.25, 0.3) is 0 Å². The number of hydrogen-bond donors (Lipinski definition) is 1. The van der Waals surface area contributed by atoms with Crippen molar-refractivity contribution in [2.75, 3.05) is 6.54 Å². The lowest BCUT2D eigenvalue weighted by molar-refractivity contribution is 0.503. The van der Waals surface area contributed by atoms with E-state index in [1.165, 1.54) is 0 Å². The van der Waals surface area contributed by atoms with Crippen LogP contribution in [0.4, 0.5) is 0 Å². The third-order valence-electron chi connectivity index (χ3n) is 3.07. The molecule has 0 aliphatic heterocycles. The Kier molecular flexibility index (Phi) is 4.37. The zero-order chi connectivity index (χ0) is 14.0. The van der Waals surface area contributed by atoms with Crippen molar-refractivity contribution in [1.82, 2.24) is 15.5 Å². The summed E-state index contributed by atoms with van der Waals surface area (Å²) in [6.45, 7) is 12.2. The highest BCUT2D eigenvalue weighted by Gasteiger charge is 2.17. The number of nitrogens with one attached hydrogen (secondary N) is 1. The zero-order valence-electron chi connectivity index (χ0n) is 12.2. The summed E-state index contributed by atoms with van der Waals surface area (Å²) in [5, 5.41) is 13.9. The molecule has 0 aliphatic rings. The number of hydrogen-bond acceptors (Lipinski definition) is 5. The quantitative estimate of drug-likeness (QED) is 0.910. The van der Waals surface area contributed by atoms with Gasteiger partial charge < -0.3 is 9.73 Å². The van der Waals surface area contributed by atoms with Gasteiger partial charge in [0.05, 0.1) is 5.56 Å². The molecule has 0 aromatic carbocycles. The number of rotatable bonds is 5. The first kappa shape index (κ1) is 14.2. The Hall–Kier alpha value is -1.20. The molecule has 2 rings (SSSR count). The van der Waals surface area contributed by atoms with Crippen LogP contribution in [0.15, 0.2) is 4.42 Å². The number of aryl methyl sites for hydroxylation is 2. The number of nitrogens with zero attached hydrogens (tertiary/aromatic N) is 2. The minimum atomic E-state index is 0.647. The molecule has 2 aromatic heterocycles. The lowest BCUT2D eigenvalue weighted by atomic mass is 10.1. The molecular weight excluding hydrogens is 258 g/mol. The maximum atomic E-state index is 5.64. The van der Waals surface area contributed by atoms with Crippen LogP contribution < -0.4 is 5.32 Å². The Labute approximate surface area is 118 Å². The molecule has 0 spiro atoms. The number of aromatic nitrogens is 2. The molecule has 0 bridgehead atoms. The van der Waals surface area contributed by atoms with E-state index in [1.807, 2.05) is 13.8 Å². The van der Waals surface area contributed by atoms with Crippen molar-refractivity contribution in [3.63, 3.8) is 0 Å². The fourth-order valence-corrected chi connectivity index (χ4v) is 2.96. The molecule has 0 saturated carbocycles. The first-order valence-electron chi connectivity index (χ1n) is 6.59. The average Bonchev–Trinajstić information content (AvgIpc) is 2.85. The van der Waals surface area contributed by atoms with Crippen LogP contribution in [0.1, 0.15) is 35.9 Å². The highest BCUT2D eigenvalue weighted by Crippen LogP contribution is 2.33. The highest BCUT2D eigenvalue weighted by atomic mass is 32.1. The number of furan rings is 1. The Morgan fingerprint density at radius 1 is 1.16 bits per heavy atom. The van der Waals surface area contributed by atoms with Gasteiger partial charge in [-0.15, -0.1) is 10.2 Å². The monoisotopic (exact) mass is 279 g/mol. The van der Waals surface area contributed by atoms with Crippen LogP contribution in [0.3, 0.4) is 0 Å². The molecular formula is C14H21N3OS. The van der Waals surface area contributed by atoms with Gasteiger partial charge in [-0.2, -0.15) is 0 Å². The van der Waals surface area contributed by atoms with Crippen LogP contribution in [-0.4, -0.2) is 16.7 Å². The molecule has 5 heteroatoms. The van der Waals surface area contributed by atoms with E-state index in [0.29, 0.717) is 5.92 Å². The zero-order valence-corrected chi connectivity index (χ0v) is 13.0. The smallest absolute Gasteiger partial charge is 0.151 e. The van der Waals surface area contributed by atoms with Gasteiger partial charge in [-0.3, -0.25) is 0 Å². The summed E-state index contributed by atoms with van der Waals surface area (Å²) in [5.74, 6) is 2.53. The second-order valence-corrected chi connectivity index (χ2v) is 6.30. The molecule has 104 valence electrons. The van der Waals surface area contributed by atoms with Crippen LogP contribution in [-0.2, 0) is 6.54 Å². The van der Waals surface area contributed by atoms with E-state index in [4.69, 9.17) is 4.42 Å². The third kappa shape index (κ3) is 3.22. The van der Waals surface area contributed by atoms with E-state index in [9.17, 15) is 0 Å². The minimum absolute atomic E-state index is 0.647. The van der Waals surface area contributed by atoms with Crippen molar-refractivity contribution in [2.45, 2.75) is 41.2 Å². The van der Waals surface area contributed by atoms with E-state index >= 15 is 0 Å². The van der Waals surface area contributed by atoms with E-state index in [2.05, 4.69) is 36.3 Å². The van der Waals surface area contributed by atoms with E-state index < -0.39 is 0 Å². The van der Waals surface area contributed by atoms with Crippen LogP contribution in [0.25, 0.3) is 10.6 Å². The Morgan fingerprint density at radius 3 is 2.47 bits per heavy atom. The SMILES string of the molecule is Cc1oc(C)c(-c2nnc(CNCC(C)C)s2)c1C. The molecule has 2 heterocycles. The second kappa shape index (κ2) is 5.84. The molecule has 0 aliphatic carbocycles. The predicted molar refractivity (Wildman–Crippen MR) is 78.4 cm³/mol. The van der Waals surface area contributed by atoms with Gasteiger partial charge in [-0.25, -0.2) is 0 Å². The minimum Gasteiger partial charge on any atom is -0.466 e. The van der Waals surface area contributed by atoms with Crippen molar-refractivity contribution >= 4 is 11.3 Å². The van der Waals surface area contributed by atoms with Crippen LogP contribution in [0.2, 0.25) is 0 Å². The summed E-state index contributed by atoms with van der Waals surface area (Å²) in [6, 6.07) is 0. The Bertz CT molecular complexity index is 557. The van der Waals surface area contributed by atoms with E-state index in [0.717, 1.165) is 45.8 Å². The van der Waals surface area contributed by atoms with Gasteiger partial charge in [-0.05, 0) is 33.2 Å². The predicted octanol–water partition coefficient (Wildman–Crippen LogP) is 3.47. The Morgan fingerprint density at radius 2 is 1.89 bits per heavy atom. The summed E-state index contributed by atoms with van der Waals surface area (Å²) in [6.07, 6.45) is 0. The lowest BCUT2D eigenvalue weighted by Crippen LogP contribution is -2.18. The molecule has 4 nitrogen and oxygen atoms in total. The maximum Gasteiger partial charge on any atom is 0.151 e. The van der Waals surface area contributed by atoms with Crippen molar-refractivity contribution < 1.29 is 4.42 Å². The van der Waals surface area contributed by atoms with Crippen LogP contribution >= 0.6 is 11.3 Å². The van der Waals surface area contributed by atoms with Crippen molar-refractivity contribution in [3.05, 3.63) is 22.1 Å². The molecule has 0 atom stereocenters. The summed E-state index contributed by atoms with van der Waals surface area (Å²) in [7, 11) is 0. The molecule has 19 heavy (non-hydrogen) atoms. The van der Waals surface area contributed by atoms with E-state index in [-0.39, 0.29) is 0 Å². The van der Waals surface area contributed by atoms with Gasteiger partial charge >= 0.3 is 0 Å². The molecule has 2 aromatic rings. The molecule has 0 saturated heterocycles. The first-order valence-corrected chi connectivity index (χ1v) is 7.40. The average molecular weight is 279 g/mol. The summed E-state index contributed by atoms with van der Waals surface area (Å²) in [5.41, 5.74) is 2.26. The topological polar surface area (TPSA) is 51.0 Å². The van der Waals surface area contributed by atoms with Crippen LogP contribution in [0, 0.1) is 26.7 Å². The van der Waals surface area contributed by atoms with Crippen molar-refractivity contribution in [2.24, 2.45) is 5.92 Å². The fourth-order valence-electron chi connectivity index (χ4n) is 2.00.